The summed E-state index contributed by atoms with van der Waals surface area (Å²) >= 11 is 0. The number of carbonyl (C=O) groups is 1. The van der Waals surface area contributed by atoms with Gasteiger partial charge in [0.1, 0.15) is 11.1 Å². The summed E-state index contributed by atoms with van der Waals surface area (Å²) in [5.74, 6) is 0.482. The SMILES string of the molecule is CNc1nc(-c2ccc(N3CCN(C(=O)C(C)(C)O)CC3)cc2)cc2nccnc12. The highest BCUT2D eigenvalue weighted by Gasteiger charge is 2.31. The second-order valence-corrected chi connectivity index (χ2v) is 7.92. The van der Waals surface area contributed by atoms with Crippen LogP contribution < -0.4 is 10.2 Å². The van der Waals surface area contributed by atoms with Crippen LogP contribution in [0.25, 0.3) is 22.3 Å². The number of benzene rings is 1. The van der Waals surface area contributed by atoms with Crippen molar-refractivity contribution in [1.29, 1.82) is 0 Å². The number of pyridine rings is 1. The molecule has 1 amide bonds. The van der Waals surface area contributed by atoms with Crippen LogP contribution in [-0.4, -0.2) is 69.7 Å². The number of hydrogen-bond donors (Lipinski definition) is 2. The van der Waals surface area contributed by atoms with E-state index in [1.165, 1.54) is 13.8 Å². The van der Waals surface area contributed by atoms with Crippen molar-refractivity contribution in [3.63, 3.8) is 0 Å². The van der Waals surface area contributed by atoms with Crippen LogP contribution in [0.5, 0.6) is 0 Å². The molecule has 1 fully saturated rings. The van der Waals surface area contributed by atoms with Crippen molar-refractivity contribution in [3.8, 4) is 11.3 Å². The monoisotopic (exact) mass is 406 g/mol. The molecule has 2 N–H and O–H groups in total. The molecule has 1 saturated heterocycles. The smallest absolute Gasteiger partial charge is 0.254 e. The van der Waals surface area contributed by atoms with Crippen molar-refractivity contribution in [3.05, 3.63) is 42.7 Å². The molecule has 8 nitrogen and oxygen atoms in total. The number of rotatable bonds is 4. The standard InChI is InChI=1S/C22H26N6O2/c1-22(2,30)21(29)28-12-10-27(11-13-28)16-6-4-15(5-7-16)17-14-18-19(20(23-3)26-17)25-9-8-24-18/h4-9,14,30H,10-13H2,1-3H3,(H,23,26). The summed E-state index contributed by atoms with van der Waals surface area (Å²) in [5, 5.41) is 13.0. The Bertz CT molecular complexity index is 1050. The molecule has 1 aromatic carbocycles. The Labute approximate surface area is 175 Å². The maximum Gasteiger partial charge on any atom is 0.254 e. The third-order valence-electron chi connectivity index (χ3n) is 5.31. The van der Waals surface area contributed by atoms with Crippen LogP contribution in [0, 0.1) is 0 Å². The zero-order valence-corrected chi connectivity index (χ0v) is 17.5. The van der Waals surface area contributed by atoms with Gasteiger partial charge in [0.05, 0.1) is 11.2 Å². The summed E-state index contributed by atoms with van der Waals surface area (Å²) in [4.78, 5) is 29.7. The molecule has 2 aromatic heterocycles. The zero-order chi connectivity index (χ0) is 21.3. The Kier molecular flexibility index (Phi) is 5.26. The molecule has 8 heteroatoms. The molecule has 0 radical (unpaired) electrons. The number of piperazine rings is 1. The second kappa shape index (κ2) is 7.87. The number of aromatic nitrogens is 3. The van der Waals surface area contributed by atoms with Gasteiger partial charge in [-0.3, -0.25) is 9.78 Å². The van der Waals surface area contributed by atoms with E-state index in [2.05, 4.69) is 37.3 Å². The first kappa shape index (κ1) is 20.0. The van der Waals surface area contributed by atoms with Crippen LogP contribution in [0.15, 0.2) is 42.7 Å². The zero-order valence-electron chi connectivity index (χ0n) is 17.5. The van der Waals surface area contributed by atoms with E-state index in [-0.39, 0.29) is 5.91 Å². The predicted molar refractivity (Wildman–Crippen MR) is 117 cm³/mol. The van der Waals surface area contributed by atoms with Crippen LogP contribution in [0.1, 0.15) is 13.8 Å². The second-order valence-electron chi connectivity index (χ2n) is 7.92. The van der Waals surface area contributed by atoms with E-state index >= 15 is 0 Å². The first-order valence-electron chi connectivity index (χ1n) is 10.0. The van der Waals surface area contributed by atoms with Crippen molar-refractivity contribution >= 4 is 28.4 Å². The minimum absolute atomic E-state index is 0.219. The number of nitrogens with zero attached hydrogens (tertiary/aromatic N) is 5. The van der Waals surface area contributed by atoms with Gasteiger partial charge in [-0.2, -0.15) is 0 Å². The van der Waals surface area contributed by atoms with Gasteiger partial charge in [0, 0.05) is 56.9 Å². The Morgan fingerprint density at radius 3 is 2.37 bits per heavy atom. The van der Waals surface area contributed by atoms with Crippen molar-refractivity contribution in [2.75, 3.05) is 43.4 Å². The summed E-state index contributed by atoms with van der Waals surface area (Å²) in [7, 11) is 1.83. The Morgan fingerprint density at radius 1 is 1.07 bits per heavy atom. The van der Waals surface area contributed by atoms with Gasteiger partial charge in [-0.15, -0.1) is 0 Å². The summed E-state index contributed by atoms with van der Waals surface area (Å²) in [6, 6.07) is 10.2. The Balaban J connectivity index is 1.50. The average molecular weight is 406 g/mol. The highest BCUT2D eigenvalue weighted by molar-refractivity contribution is 5.88. The fourth-order valence-corrected chi connectivity index (χ4v) is 3.69. The Hall–Kier alpha value is -3.26. The van der Waals surface area contributed by atoms with Crippen LogP contribution in [0.4, 0.5) is 11.5 Å². The molecule has 0 saturated carbocycles. The first-order chi connectivity index (χ1) is 14.4. The van der Waals surface area contributed by atoms with E-state index in [0.29, 0.717) is 18.9 Å². The van der Waals surface area contributed by atoms with Crippen LogP contribution in [0.2, 0.25) is 0 Å². The van der Waals surface area contributed by atoms with E-state index in [0.717, 1.165) is 41.1 Å². The van der Waals surface area contributed by atoms with Gasteiger partial charge in [-0.1, -0.05) is 12.1 Å². The quantitative estimate of drug-likeness (QED) is 0.686. The van der Waals surface area contributed by atoms with Crippen molar-refractivity contribution < 1.29 is 9.90 Å². The van der Waals surface area contributed by atoms with Crippen molar-refractivity contribution in [1.82, 2.24) is 19.9 Å². The molecule has 4 rings (SSSR count). The topological polar surface area (TPSA) is 94.5 Å². The first-order valence-corrected chi connectivity index (χ1v) is 10.0. The summed E-state index contributed by atoms with van der Waals surface area (Å²) < 4.78 is 0. The molecule has 3 aromatic rings. The fourth-order valence-electron chi connectivity index (χ4n) is 3.69. The molecule has 1 aliphatic heterocycles. The average Bonchev–Trinajstić information content (AvgIpc) is 2.77. The van der Waals surface area contributed by atoms with Gasteiger partial charge >= 0.3 is 0 Å². The number of aliphatic hydroxyl groups is 1. The molecule has 156 valence electrons. The third-order valence-corrected chi connectivity index (χ3v) is 5.31. The van der Waals surface area contributed by atoms with Crippen LogP contribution in [0.3, 0.4) is 0 Å². The van der Waals surface area contributed by atoms with E-state index in [4.69, 9.17) is 0 Å². The maximum atomic E-state index is 12.2. The third kappa shape index (κ3) is 3.91. The summed E-state index contributed by atoms with van der Waals surface area (Å²) in [6.45, 7) is 5.73. The Morgan fingerprint density at radius 2 is 1.73 bits per heavy atom. The van der Waals surface area contributed by atoms with Crippen molar-refractivity contribution in [2.45, 2.75) is 19.4 Å². The lowest BCUT2D eigenvalue weighted by Gasteiger charge is -2.38. The number of hydrogen-bond acceptors (Lipinski definition) is 7. The molecule has 0 spiro atoms. The molecule has 3 heterocycles. The molecule has 1 aliphatic rings. The largest absolute Gasteiger partial charge is 0.381 e. The van der Waals surface area contributed by atoms with Gasteiger partial charge in [-0.05, 0) is 32.0 Å². The summed E-state index contributed by atoms with van der Waals surface area (Å²) in [6.07, 6.45) is 3.34. The highest BCUT2D eigenvalue weighted by atomic mass is 16.3. The molecule has 0 unspecified atom stereocenters. The molecule has 30 heavy (non-hydrogen) atoms. The van der Waals surface area contributed by atoms with Crippen LogP contribution in [-0.2, 0) is 4.79 Å². The van der Waals surface area contributed by atoms with Gasteiger partial charge in [0.2, 0.25) is 0 Å². The normalized spacial score (nSPS) is 14.8. The summed E-state index contributed by atoms with van der Waals surface area (Å²) in [5.41, 5.74) is 3.15. The fraction of sp³-hybridized carbons (Fsp3) is 0.364. The van der Waals surface area contributed by atoms with Gasteiger partial charge < -0.3 is 20.2 Å². The van der Waals surface area contributed by atoms with E-state index in [1.807, 2.05) is 25.2 Å². The molecular formula is C22H26N6O2. The molecule has 0 aliphatic carbocycles. The molecular weight excluding hydrogens is 380 g/mol. The highest BCUT2D eigenvalue weighted by Crippen LogP contribution is 2.27. The van der Waals surface area contributed by atoms with E-state index in [9.17, 15) is 9.90 Å². The van der Waals surface area contributed by atoms with E-state index in [1.54, 1.807) is 17.3 Å². The predicted octanol–water partition coefficient (Wildman–Crippen LogP) is 2.15. The molecule has 0 atom stereocenters. The lowest BCUT2D eigenvalue weighted by molar-refractivity contribution is -0.148. The number of anilines is 2. The van der Waals surface area contributed by atoms with Crippen LogP contribution >= 0.6 is 0 Å². The minimum Gasteiger partial charge on any atom is -0.381 e. The van der Waals surface area contributed by atoms with Gasteiger partial charge in [0.25, 0.3) is 5.91 Å². The van der Waals surface area contributed by atoms with Gasteiger partial charge in [0.15, 0.2) is 5.82 Å². The molecule has 0 bridgehead atoms. The lowest BCUT2D eigenvalue weighted by atomic mass is 10.1. The number of carbonyl (C=O) groups excluding carboxylic acids is 1. The number of fused-ring (bicyclic) bond motifs is 1. The lowest BCUT2D eigenvalue weighted by Crippen LogP contribution is -2.54. The van der Waals surface area contributed by atoms with Crippen molar-refractivity contribution in [2.24, 2.45) is 0 Å². The number of amides is 1. The maximum absolute atomic E-state index is 12.2. The van der Waals surface area contributed by atoms with Gasteiger partial charge in [-0.25, -0.2) is 9.97 Å². The minimum atomic E-state index is -1.33. The van der Waals surface area contributed by atoms with E-state index < -0.39 is 5.60 Å². The number of nitrogens with one attached hydrogen (secondary N) is 1.